The Hall–Kier alpha value is -2.03. The predicted molar refractivity (Wildman–Crippen MR) is 84.8 cm³/mol. The van der Waals surface area contributed by atoms with Gasteiger partial charge in [0, 0.05) is 0 Å². The molecular weight excluding hydrogens is 262 g/mol. The van der Waals surface area contributed by atoms with Gasteiger partial charge in [-0.3, -0.25) is 0 Å². The van der Waals surface area contributed by atoms with Crippen LogP contribution in [-0.4, -0.2) is 12.1 Å². The largest absolute Gasteiger partial charge is 0.445 e. The van der Waals surface area contributed by atoms with Crippen molar-refractivity contribution < 1.29 is 9.53 Å². The van der Waals surface area contributed by atoms with Crippen LogP contribution in [0.15, 0.2) is 54.1 Å². The molecule has 0 spiro atoms. The van der Waals surface area contributed by atoms with Crippen molar-refractivity contribution in [3.8, 4) is 0 Å². The first-order chi connectivity index (χ1) is 10.1. The van der Waals surface area contributed by atoms with E-state index < -0.39 is 0 Å². The molecule has 112 valence electrons. The van der Waals surface area contributed by atoms with E-state index in [2.05, 4.69) is 24.9 Å². The SMILES string of the molecule is C=C(C)C1CC=C(C)C(NC(=O)OCc2ccccc2)C1. The lowest BCUT2D eigenvalue weighted by atomic mass is 9.83. The highest BCUT2D eigenvalue weighted by molar-refractivity contribution is 5.68. The van der Waals surface area contributed by atoms with E-state index in [9.17, 15) is 4.79 Å². The molecule has 21 heavy (non-hydrogen) atoms. The molecule has 1 aromatic rings. The Morgan fingerprint density at radius 1 is 1.38 bits per heavy atom. The summed E-state index contributed by atoms with van der Waals surface area (Å²) in [5, 5.41) is 2.95. The normalized spacial score (nSPS) is 21.3. The Kier molecular flexibility index (Phi) is 5.20. The molecule has 2 rings (SSSR count). The zero-order chi connectivity index (χ0) is 15.2. The highest BCUT2D eigenvalue weighted by atomic mass is 16.5. The third-order valence-electron chi connectivity index (χ3n) is 4.00. The van der Waals surface area contributed by atoms with Gasteiger partial charge >= 0.3 is 6.09 Å². The number of carbonyl (C=O) groups excluding carboxylic acids is 1. The second-order valence-electron chi connectivity index (χ2n) is 5.72. The second-order valence-corrected chi connectivity index (χ2v) is 5.72. The van der Waals surface area contributed by atoms with Crippen LogP contribution in [0.5, 0.6) is 0 Å². The minimum absolute atomic E-state index is 0.0451. The van der Waals surface area contributed by atoms with Gasteiger partial charge in [0.15, 0.2) is 0 Å². The van der Waals surface area contributed by atoms with Crippen LogP contribution in [0.1, 0.15) is 32.3 Å². The quantitative estimate of drug-likeness (QED) is 0.841. The van der Waals surface area contributed by atoms with Crippen LogP contribution in [0.4, 0.5) is 4.79 Å². The molecule has 0 bridgehead atoms. The fraction of sp³-hybridized carbons (Fsp3) is 0.389. The summed E-state index contributed by atoms with van der Waals surface area (Å²) in [6, 6.07) is 9.73. The van der Waals surface area contributed by atoms with Gasteiger partial charge in [-0.15, -0.1) is 0 Å². The van der Waals surface area contributed by atoms with Crippen LogP contribution in [-0.2, 0) is 11.3 Å². The van der Waals surface area contributed by atoms with E-state index in [0.717, 1.165) is 18.4 Å². The van der Waals surface area contributed by atoms with Crippen molar-refractivity contribution in [3.05, 3.63) is 59.7 Å². The molecule has 0 heterocycles. The van der Waals surface area contributed by atoms with E-state index in [-0.39, 0.29) is 12.1 Å². The minimum Gasteiger partial charge on any atom is -0.445 e. The third kappa shape index (κ3) is 4.48. The van der Waals surface area contributed by atoms with Crippen LogP contribution in [0, 0.1) is 5.92 Å². The second kappa shape index (κ2) is 7.11. The van der Waals surface area contributed by atoms with Crippen molar-refractivity contribution in [1.29, 1.82) is 0 Å². The van der Waals surface area contributed by atoms with Gasteiger partial charge in [0.25, 0.3) is 0 Å². The molecule has 0 aliphatic heterocycles. The van der Waals surface area contributed by atoms with Gasteiger partial charge < -0.3 is 10.1 Å². The number of hydrogen-bond donors (Lipinski definition) is 1. The molecule has 0 radical (unpaired) electrons. The Labute approximate surface area is 126 Å². The first kappa shape index (κ1) is 15.4. The smallest absolute Gasteiger partial charge is 0.407 e. The number of alkyl carbamates (subject to hydrolysis) is 1. The molecule has 0 saturated carbocycles. The van der Waals surface area contributed by atoms with Crippen LogP contribution in [0.2, 0.25) is 0 Å². The van der Waals surface area contributed by atoms with Crippen molar-refractivity contribution >= 4 is 6.09 Å². The van der Waals surface area contributed by atoms with Gasteiger partial charge in [-0.1, -0.05) is 54.1 Å². The van der Waals surface area contributed by atoms with E-state index >= 15 is 0 Å². The molecule has 0 fully saturated rings. The van der Waals surface area contributed by atoms with Crippen molar-refractivity contribution in [2.45, 2.75) is 39.3 Å². The maximum Gasteiger partial charge on any atom is 0.407 e. The first-order valence-corrected chi connectivity index (χ1v) is 7.35. The van der Waals surface area contributed by atoms with Crippen molar-refractivity contribution in [2.75, 3.05) is 0 Å². The van der Waals surface area contributed by atoms with Crippen LogP contribution in [0.25, 0.3) is 0 Å². The highest BCUT2D eigenvalue weighted by Gasteiger charge is 2.24. The number of rotatable bonds is 4. The molecule has 1 aliphatic rings. The molecule has 3 nitrogen and oxygen atoms in total. The van der Waals surface area contributed by atoms with Crippen LogP contribution in [0.3, 0.4) is 0 Å². The van der Waals surface area contributed by atoms with Gasteiger partial charge in [0.2, 0.25) is 0 Å². The molecular formula is C18H23NO2. The van der Waals surface area contributed by atoms with E-state index in [0.29, 0.717) is 12.5 Å². The highest BCUT2D eigenvalue weighted by Crippen LogP contribution is 2.28. The van der Waals surface area contributed by atoms with E-state index in [1.165, 1.54) is 11.1 Å². The first-order valence-electron chi connectivity index (χ1n) is 7.35. The standard InChI is InChI=1S/C18H23NO2/c1-13(2)16-10-9-14(3)17(11-16)19-18(20)21-12-15-7-5-4-6-8-15/h4-9,16-17H,1,10-12H2,2-3H3,(H,19,20). The maximum atomic E-state index is 11.9. The molecule has 1 N–H and O–H groups in total. The lowest BCUT2D eigenvalue weighted by molar-refractivity contribution is 0.135. The van der Waals surface area contributed by atoms with Crippen LogP contribution >= 0.6 is 0 Å². The summed E-state index contributed by atoms with van der Waals surface area (Å²) < 4.78 is 5.28. The topological polar surface area (TPSA) is 38.3 Å². The fourth-order valence-electron chi connectivity index (χ4n) is 2.52. The monoisotopic (exact) mass is 285 g/mol. The zero-order valence-corrected chi connectivity index (χ0v) is 12.8. The number of ether oxygens (including phenoxy) is 1. The summed E-state index contributed by atoms with van der Waals surface area (Å²) in [4.78, 5) is 11.9. The Bertz CT molecular complexity index is 533. The number of hydrogen-bond acceptors (Lipinski definition) is 2. The van der Waals surface area contributed by atoms with Crippen LogP contribution < -0.4 is 5.32 Å². The molecule has 0 aromatic heterocycles. The Balaban J connectivity index is 1.85. The maximum absolute atomic E-state index is 11.9. The summed E-state index contributed by atoms with van der Waals surface area (Å²) in [7, 11) is 0. The molecule has 1 aliphatic carbocycles. The Morgan fingerprint density at radius 2 is 2.10 bits per heavy atom. The molecule has 2 unspecified atom stereocenters. The lowest BCUT2D eigenvalue weighted by Crippen LogP contribution is -2.39. The van der Waals surface area contributed by atoms with E-state index in [1.54, 1.807) is 0 Å². The molecule has 2 atom stereocenters. The van der Waals surface area contributed by atoms with Gasteiger partial charge in [0.05, 0.1) is 6.04 Å². The van der Waals surface area contributed by atoms with E-state index in [4.69, 9.17) is 4.74 Å². The molecule has 0 saturated heterocycles. The van der Waals surface area contributed by atoms with Gasteiger partial charge in [-0.2, -0.15) is 0 Å². The lowest BCUT2D eigenvalue weighted by Gasteiger charge is -2.29. The van der Waals surface area contributed by atoms with E-state index in [1.807, 2.05) is 37.3 Å². The molecule has 1 aromatic carbocycles. The summed E-state index contributed by atoms with van der Waals surface area (Å²) in [5.74, 6) is 0.438. The average Bonchev–Trinajstić information content (AvgIpc) is 2.48. The minimum atomic E-state index is -0.362. The Morgan fingerprint density at radius 3 is 2.76 bits per heavy atom. The fourth-order valence-corrected chi connectivity index (χ4v) is 2.52. The molecule has 1 amide bonds. The third-order valence-corrected chi connectivity index (χ3v) is 4.00. The zero-order valence-electron chi connectivity index (χ0n) is 12.8. The number of allylic oxidation sites excluding steroid dienone is 2. The average molecular weight is 285 g/mol. The number of carbonyl (C=O) groups is 1. The summed E-state index contributed by atoms with van der Waals surface area (Å²) in [5.41, 5.74) is 3.36. The van der Waals surface area contributed by atoms with Gasteiger partial charge in [0.1, 0.15) is 6.61 Å². The van der Waals surface area contributed by atoms with Gasteiger partial charge in [-0.25, -0.2) is 4.79 Å². The van der Waals surface area contributed by atoms with Crippen molar-refractivity contribution in [1.82, 2.24) is 5.32 Å². The predicted octanol–water partition coefficient (Wildman–Crippen LogP) is 4.21. The summed E-state index contributed by atoms with van der Waals surface area (Å²) >= 11 is 0. The summed E-state index contributed by atoms with van der Waals surface area (Å²) in [6.07, 6.45) is 3.74. The van der Waals surface area contributed by atoms with Crippen molar-refractivity contribution in [3.63, 3.8) is 0 Å². The number of amides is 1. The number of nitrogens with one attached hydrogen (secondary N) is 1. The molecule has 3 heteroatoms. The van der Waals surface area contributed by atoms with Gasteiger partial charge in [-0.05, 0) is 38.2 Å². The summed E-state index contributed by atoms with van der Waals surface area (Å²) in [6.45, 7) is 8.42. The van der Waals surface area contributed by atoms with Crippen molar-refractivity contribution in [2.24, 2.45) is 5.92 Å². The number of benzene rings is 1.